The normalized spacial score (nSPS) is 17.4. The highest BCUT2D eigenvalue weighted by Gasteiger charge is 2.27. The Labute approximate surface area is 173 Å². The molecule has 1 atom stereocenters. The van der Waals surface area contributed by atoms with Gasteiger partial charge in [0.15, 0.2) is 10.9 Å². The highest BCUT2D eigenvalue weighted by Crippen LogP contribution is 2.33. The monoisotopic (exact) mass is 412 g/mol. The summed E-state index contributed by atoms with van der Waals surface area (Å²) >= 11 is 1.45. The van der Waals surface area contributed by atoms with Gasteiger partial charge in [-0.05, 0) is 40.2 Å². The average Bonchev–Trinajstić information content (AvgIpc) is 3.30. The maximum atomic E-state index is 12.4. The number of hydrogen-bond acceptors (Lipinski definition) is 8. The van der Waals surface area contributed by atoms with Crippen LogP contribution < -0.4 is 5.32 Å². The maximum absolute atomic E-state index is 12.4. The molecule has 152 valence electrons. The number of piperidine rings is 1. The lowest BCUT2D eigenvalue weighted by atomic mass is 9.91. The van der Waals surface area contributed by atoms with Crippen molar-refractivity contribution in [2.45, 2.75) is 39.5 Å². The molecule has 0 saturated carbocycles. The molecule has 1 aliphatic heterocycles. The van der Waals surface area contributed by atoms with E-state index in [-0.39, 0.29) is 11.8 Å². The standard InChI is InChI=1S/C20H24N6O2S/c1-12-7-17(28-25-12)16-8-21-14(3)23-19(16)15-5-4-6-26(9-15)10-18(27)24-20-22-13(2)11-29-20/h7-8,11,15H,4-6,9-10H2,1-3H3,(H,22,24,27). The zero-order chi connectivity index (χ0) is 20.4. The first-order chi connectivity index (χ1) is 14.0. The Morgan fingerprint density at radius 3 is 2.90 bits per heavy atom. The molecule has 0 radical (unpaired) electrons. The van der Waals surface area contributed by atoms with E-state index in [9.17, 15) is 4.79 Å². The quantitative estimate of drug-likeness (QED) is 0.686. The SMILES string of the molecule is Cc1cc(-c2cnc(C)nc2C2CCCN(CC(=O)Nc3nc(C)cs3)C2)on1. The van der Waals surface area contributed by atoms with Gasteiger partial charge >= 0.3 is 0 Å². The van der Waals surface area contributed by atoms with Gasteiger partial charge in [0.2, 0.25) is 5.91 Å². The Morgan fingerprint density at radius 1 is 1.31 bits per heavy atom. The van der Waals surface area contributed by atoms with E-state index in [0.717, 1.165) is 54.4 Å². The molecule has 1 unspecified atom stereocenters. The molecule has 0 aromatic carbocycles. The molecule has 8 nitrogen and oxygen atoms in total. The molecule has 0 aliphatic carbocycles. The van der Waals surface area contributed by atoms with Crippen molar-refractivity contribution in [3.05, 3.63) is 40.5 Å². The summed E-state index contributed by atoms with van der Waals surface area (Å²) in [4.78, 5) is 28.0. The minimum absolute atomic E-state index is 0.0371. The van der Waals surface area contributed by atoms with E-state index >= 15 is 0 Å². The molecule has 0 bridgehead atoms. The van der Waals surface area contributed by atoms with Crippen molar-refractivity contribution in [1.29, 1.82) is 0 Å². The first-order valence-corrected chi connectivity index (χ1v) is 10.6. The Kier molecular flexibility index (Phi) is 5.68. The zero-order valence-corrected chi connectivity index (χ0v) is 17.6. The van der Waals surface area contributed by atoms with Gasteiger partial charge in [-0.15, -0.1) is 11.3 Å². The van der Waals surface area contributed by atoms with Crippen LogP contribution in [0.5, 0.6) is 0 Å². The number of hydrogen-bond donors (Lipinski definition) is 1. The summed E-state index contributed by atoms with van der Waals surface area (Å²) in [5, 5.41) is 9.47. The number of carbonyl (C=O) groups excluding carboxylic acids is 1. The minimum Gasteiger partial charge on any atom is -0.356 e. The number of aromatic nitrogens is 4. The number of thiazole rings is 1. The van der Waals surface area contributed by atoms with Gasteiger partial charge in [-0.2, -0.15) is 0 Å². The molecule has 3 aromatic heterocycles. The number of nitrogens with zero attached hydrogens (tertiary/aromatic N) is 5. The first-order valence-electron chi connectivity index (χ1n) is 9.69. The largest absolute Gasteiger partial charge is 0.356 e. The van der Waals surface area contributed by atoms with Gasteiger partial charge in [0.1, 0.15) is 5.82 Å². The van der Waals surface area contributed by atoms with Gasteiger partial charge in [0.25, 0.3) is 0 Å². The van der Waals surface area contributed by atoms with E-state index in [1.54, 1.807) is 0 Å². The summed E-state index contributed by atoms with van der Waals surface area (Å²) < 4.78 is 5.47. The van der Waals surface area contributed by atoms with Crippen molar-refractivity contribution in [3.63, 3.8) is 0 Å². The molecule has 1 saturated heterocycles. The van der Waals surface area contributed by atoms with Crippen LogP contribution in [0.1, 0.15) is 41.7 Å². The lowest BCUT2D eigenvalue weighted by Gasteiger charge is -2.32. The zero-order valence-electron chi connectivity index (χ0n) is 16.8. The molecule has 3 aromatic rings. The Morgan fingerprint density at radius 2 is 2.17 bits per heavy atom. The molecule has 1 fully saturated rings. The first kappa shape index (κ1) is 19.7. The molecule has 1 amide bonds. The van der Waals surface area contributed by atoms with E-state index < -0.39 is 0 Å². The molecular weight excluding hydrogens is 388 g/mol. The van der Waals surface area contributed by atoms with Gasteiger partial charge in [-0.3, -0.25) is 9.69 Å². The molecule has 9 heteroatoms. The predicted molar refractivity (Wildman–Crippen MR) is 111 cm³/mol. The summed E-state index contributed by atoms with van der Waals surface area (Å²) in [5.41, 5.74) is 3.59. The van der Waals surface area contributed by atoms with Crippen molar-refractivity contribution in [1.82, 2.24) is 25.0 Å². The van der Waals surface area contributed by atoms with Crippen molar-refractivity contribution < 1.29 is 9.32 Å². The number of likely N-dealkylation sites (tertiary alicyclic amines) is 1. The molecule has 4 rings (SSSR count). The summed E-state index contributed by atoms with van der Waals surface area (Å²) in [6.07, 6.45) is 3.83. The Balaban J connectivity index is 1.48. The van der Waals surface area contributed by atoms with Crippen LogP contribution in [0.25, 0.3) is 11.3 Å². The van der Waals surface area contributed by atoms with E-state index in [1.165, 1.54) is 11.3 Å². The van der Waals surface area contributed by atoms with Crippen LogP contribution in [0.2, 0.25) is 0 Å². The van der Waals surface area contributed by atoms with Gasteiger partial charge in [0, 0.05) is 30.1 Å². The summed E-state index contributed by atoms with van der Waals surface area (Å²) in [6, 6.07) is 1.90. The van der Waals surface area contributed by atoms with E-state index in [2.05, 4.69) is 25.3 Å². The summed E-state index contributed by atoms with van der Waals surface area (Å²) in [7, 11) is 0. The van der Waals surface area contributed by atoms with Crippen molar-refractivity contribution in [2.75, 3.05) is 25.0 Å². The average molecular weight is 413 g/mol. The van der Waals surface area contributed by atoms with E-state index in [4.69, 9.17) is 9.51 Å². The van der Waals surface area contributed by atoms with Gasteiger partial charge in [0.05, 0.1) is 29.2 Å². The third-order valence-electron chi connectivity index (χ3n) is 4.96. The summed E-state index contributed by atoms with van der Waals surface area (Å²) in [5.74, 6) is 1.59. The lowest BCUT2D eigenvalue weighted by molar-refractivity contribution is -0.117. The van der Waals surface area contributed by atoms with Crippen LogP contribution in [0, 0.1) is 20.8 Å². The molecule has 0 spiro atoms. The fourth-order valence-electron chi connectivity index (χ4n) is 3.67. The number of rotatable bonds is 5. The summed E-state index contributed by atoms with van der Waals surface area (Å²) in [6.45, 7) is 7.70. The number of aryl methyl sites for hydroxylation is 3. The third kappa shape index (κ3) is 4.68. The van der Waals surface area contributed by atoms with Crippen LogP contribution >= 0.6 is 11.3 Å². The second-order valence-corrected chi connectivity index (χ2v) is 8.32. The van der Waals surface area contributed by atoms with Crippen molar-refractivity contribution in [2.24, 2.45) is 0 Å². The van der Waals surface area contributed by atoms with Crippen molar-refractivity contribution >= 4 is 22.4 Å². The topological polar surface area (TPSA) is 97.0 Å². The fourth-order valence-corrected chi connectivity index (χ4v) is 4.38. The number of amides is 1. The second kappa shape index (κ2) is 8.38. The van der Waals surface area contributed by atoms with Gasteiger partial charge < -0.3 is 9.84 Å². The van der Waals surface area contributed by atoms with Crippen LogP contribution in [0.4, 0.5) is 5.13 Å². The predicted octanol–water partition coefficient (Wildman–Crippen LogP) is 3.33. The molecule has 1 N–H and O–H groups in total. The minimum atomic E-state index is -0.0371. The Hall–Kier alpha value is -2.65. The maximum Gasteiger partial charge on any atom is 0.240 e. The number of carbonyl (C=O) groups is 1. The van der Waals surface area contributed by atoms with Gasteiger partial charge in [-0.25, -0.2) is 15.0 Å². The van der Waals surface area contributed by atoms with Crippen LogP contribution in [-0.2, 0) is 4.79 Å². The lowest BCUT2D eigenvalue weighted by Crippen LogP contribution is -2.40. The third-order valence-corrected chi connectivity index (χ3v) is 5.83. The highest BCUT2D eigenvalue weighted by atomic mass is 32.1. The van der Waals surface area contributed by atoms with Crippen LogP contribution in [-0.4, -0.2) is 50.5 Å². The molecular formula is C20H24N6O2S. The fraction of sp³-hybridized carbons (Fsp3) is 0.450. The van der Waals surface area contributed by atoms with E-state index in [1.807, 2.05) is 38.4 Å². The van der Waals surface area contributed by atoms with Crippen molar-refractivity contribution in [3.8, 4) is 11.3 Å². The van der Waals surface area contributed by atoms with Crippen LogP contribution in [0.15, 0.2) is 22.2 Å². The molecule has 1 aliphatic rings. The van der Waals surface area contributed by atoms with Gasteiger partial charge in [-0.1, -0.05) is 5.16 Å². The number of nitrogens with one attached hydrogen (secondary N) is 1. The van der Waals surface area contributed by atoms with Crippen LogP contribution in [0.3, 0.4) is 0 Å². The molecule has 29 heavy (non-hydrogen) atoms. The second-order valence-electron chi connectivity index (χ2n) is 7.47. The number of anilines is 1. The smallest absolute Gasteiger partial charge is 0.240 e. The van der Waals surface area contributed by atoms with E-state index in [0.29, 0.717) is 17.4 Å². The Bertz CT molecular complexity index is 1010. The highest BCUT2D eigenvalue weighted by molar-refractivity contribution is 7.13. The molecule has 4 heterocycles.